The van der Waals surface area contributed by atoms with Crippen molar-refractivity contribution in [1.29, 1.82) is 0 Å². The zero-order valence-corrected chi connectivity index (χ0v) is 9.91. The standard InChI is InChI=1S/C12H12F2N2O2/c1-7(17)8-3-5-9(6-4-8)10(15)16-11(18)12(2,13)14/h3-6H,1-2H3,(H2,15,16,18). The van der Waals surface area contributed by atoms with E-state index < -0.39 is 11.8 Å². The molecule has 96 valence electrons. The van der Waals surface area contributed by atoms with Gasteiger partial charge < -0.3 is 5.73 Å². The molecule has 0 fully saturated rings. The lowest BCUT2D eigenvalue weighted by Crippen LogP contribution is -2.26. The third kappa shape index (κ3) is 3.44. The summed E-state index contributed by atoms with van der Waals surface area (Å²) in [6.07, 6.45) is 0. The monoisotopic (exact) mass is 254 g/mol. The molecule has 1 aromatic carbocycles. The van der Waals surface area contributed by atoms with Gasteiger partial charge in [0.15, 0.2) is 5.78 Å². The molecule has 1 rings (SSSR count). The molecule has 6 heteroatoms. The number of carbonyl (C=O) groups is 2. The highest BCUT2D eigenvalue weighted by Crippen LogP contribution is 2.14. The molecule has 0 unspecified atom stereocenters. The van der Waals surface area contributed by atoms with Gasteiger partial charge in [0.25, 0.3) is 0 Å². The van der Waals surface area contributed by atoms with E-state index in [1.807, 2.05) is 0 Å². The molecule has 0 saturated carbocycles. The Labute approximate surface area is 103 Å². The molecule has 0 heterocycles. The van der Waals surface area contributed by atoms with Crippen molar-refractivity contribution in [3.63, 3.8) is 0 Å². The van der Waals surface area contributed by atoms with Crippen LogP contribution >= 0.6 is 0 Å². The number of alkyl halides is 2. The summed E-state index contributed by atoms with van der Waals surface area (Å²) in [4.78, 5) is 25.1. The number of nitrogens with zero attached hydrogens (tertiary/aromatic N) is 1. The number of amidine groups is 1. The summed E-state index contributed by atoms with van der Waals surface area (Å²) in [6, 6.07) is 5.84. The van der Waals surface area contributed by atoms with Crippen molar-refractivity contribution in [2.75, 3.05) is 0 Å². The molecule has 0 spiro atoms. The molecule has 18 heavy (non-hydrogen) atoms. The van der Waals surface area contributed by atoms with Crippen LogP contribution in [0.25, 0.3) is 0 Å². The number of rotatable bonds is 3. The minimum atomic E-state index is -3.55. The van der Waals surface area contributed by atoms with Crippen LogP contribution < -0.4 is 5.73 Å². The Balaban J connectivity index is 2.98. The summed E-state index contributed by atoms with van der Waals surface area (Å²) < 4.78 is 25.2. The van der Waals surface area contributed by atoms with Gasteiger partial charge in [0, 0.05) is 18.1 Å². The van der Waals surface area contributed by atoms with Gasteiger partial charge in [0.1, 0.15) is 5.84 Å². The fourth-order valence-electron chi connectivity index (χ4n) is 1.15. The lowest BCUT2D eigenvalue weighted by molar-refractivity contribution is -0.139. The fraction of sp³-hybridized carbons (Fsp3) is 0.250. The molecule has 0 radical (unpaired) electrons. The first-order valence-electron chi connectivity index (χ1n) is 5.09. The van der Waals surface area contributed by atoms with E-state index in [2.05, 4.69) is 4.99 Å². The van der Waals surface area contributed by atoms with Gasteiger partial charge in [-0.15, -0.1) is 0 Å². The summed E-state index contributed by atoms with van der Waals surface area (Å²) in [5.41, 5.74) is 6.19. The minimum Gasteiger partial charge on any atom is -0.383 e. The molecule has 0 aliphatic rings. The average molecular weight is 254 g/mol. The molecule has 0 aromatic heterocycles. The van der Waals surface area contributed by atoms with E-state index in [-0.39, 0.29) is 11.6 Å². The number of aliphatic imine (C=N–C) groups is 1. The Morgan fingerprint density at radius 2 is 1.61 bits per heavy atom. The Morgan fingerprint density at radius 1 is 1.17 bits per heavy atom. The van der Waals surface area contributed by atoms with E-state index in [0.717, 1.165) is 0 Å². The van der Waals surface area contributed by atoms with Gasteiger partial charge in [-0.2, -0.15) is 13.8 Å². The van der Waals surface area contributed by atoms with Crippen LogP contribution in [0, 0.1) is 0 Å². The van der Waals surface area contributed by atoms with Crippen LogP contribution in [-0.4, -0.2) is 23.4 Å². The quantitative estimate of drug-likeness (QED) is 0.507. The van der Waals surface area contributed by atoms with Crippen LogP contribution in [0.15, 0.2) is 29.3 Å². The number of halogens is 2. The average Bonchev–Trinajstić information content (AvgIpc) is 2.27. The van der Waals surface area contributed by atoms with Crippen molar-refractivity contribution in [2.24, 2.45) is 10.7 Å². The van der Waals surface area contributed by atoms with Gasteiger partial charge in [-0.05, 0) is 6.92 Å². The first-order chi connectivity index (χ1) is 8.21. The number of Topliss-reactive ketones (excluding diaryl/α,β-unsaturated/α-hetero) is 1. The molecule has 0 atom stereocenters. The number of nitrogens with two attached hydrogens (primary N) is 1. The molecular weight excluding hydrogens is 242 g/mol. The summed E-state index contributed by atoms with van der Waals surface area (Å²) in [7, 11) is 0. The van der Waals surface area contributed by atoms with Crippen molar-refractivity contribution in [3.05, 3.63) is 35.4 Å². The smallest absolute Gasteiger partial charge is 0.324 e. The van der Waals surface area contributed by atoms with Gasteiger partial charge in [-0.1, -0.05) is 24.3 Å². The Hall–Kier alpha value is -2.11. The largest absolute Gasteiger partial charge is 0.383 e. The molecule has 4 nitrogen and oxygen atoms in total. The summed E-state index contributed by atoms with van der Waals surface area (Å²) in [5, 5.41) is 0. The maximum atomic E-state index is 12.6. The number of ketones is 1. The fourth-order valence-corrected chi connectivity index (χ4v) is 1.15. The van der Waals surface area contributed by atoms with E-state index in [9.17, 15) is 18.4 Å². The highest BCUT2D eigenvalue weighted by atomic mass is 19.3. The highest BCUT2D eigenvalue weighted by Gasteiger charge is 2.32. The first kappa shape index (κ1) is 14.0. The van der Waals surface area contributed by atoms with Gasteiger partial charge in [0.05, 0.1) is 0 Å². The molecule has 0 aliphatic heterocycles. The normalized spacial score (nSPS) is 12.3. The maximum Gasteiger partial charge on any atom is 0.324 e. The zero-order valence-electron chi connectivity index (χ0n) is 9.91. The second-order valence-corrected chi connectivity index (χ2v) is 3.82. The van der Waals surface area contributed by atoms with Gasteiger partial charge in [-0.3, -0.25) is 9.59 Å². The van der Waals surface area contributed by atoms with Gasteiger partial charge in [0.2, 0.25) is 0 Å². The van der Waals surface area contributed by atoms with E-state index in [4.69, 9.17) is 5.73 Å². The van der Waals surface area contributed by atoms with Crippen molar-refractivity contribution >= 4 is 17.5 Å². The molecule has 1 amide bonds. The number of carbonyl (C=O) groups excluding carboxylic acids is 2. The second kappa shape index (κ2) is 5.03. The van der Waals surface area contributed by atoms with E-state index in [1.165, 1.54) is 31.2 Å². The first-order valence-corrected chi connectivity index (χ1v) is 5.09. The minimum absolute atomic E-state index is 0.131. The van der Waals surface area contributed by atoms with Gasteiger partial charge >= 0.3 is 11.8 Å². The molecule has 0 bridgehead atoms. The molecule has 0 saturated heterocycles. The third-order valence-electron chi connectivity index (χ3n) is 2.18. The highest BCUT2D eigenvalue weighted by molar-refractivity contribution is 6.06. The summed E-state index contributed by atoms with van der Waals surface area (Å²) >= 11 is 0. The molecule has 0 aliphatic carbocycles. The van der Waals surface area contributed by atoms with Crippen LogP contribution in [0.4, 0.5) is 8.78 Å². The van der Waals surface area contributed by atoms with Crippen LogP contribution in [0.3, 0.4) is 0 Å². The third-order valence-corrected chi connectivity index (χ3v) is 2.18. The summed E-state index contributed by atoms with van der Waals surface area (Å²) in [6.45, 7) is 1.85. The molecule has 2 N–H and O–H groups in total. The number of benzene rings is 1. The van der Waals surface area contributed by atoms with Crippen molar-refractivity contribution in [3.8, 4) is 0 Å². The number of hydrogen-bond acceptors (Lipinski definition) is 2. The van der Waals surface area contributed by atoms with Crippen LogP contribution in [0.2, 0.25) is 0 Å². The van der Waals surface area contributed by atoms with Crippen molar-refractivity contribution < 1.29 is 18.4 Å². The van der Waals surface area contributed by atoms with E-state index in [1.54, 1.807) is 0 Å². The predicted octanol–water partition coefficient (Wildman–Crippen LogP) is 1.78. The van der Waals surface area contributed by atoms with Crippen LogP contribution in [0.5, 0.6) is 0 Å². The predicted molar refractivity (Wildman–Crippen MR) is 62.8 cm³/mol. The zero-order chi connectivity index (χ0) is 13.9. The SMILES string of the molecule is CC(=O)c1ccc(C(N)=NC(=O)C(C)(F)F)cc1. The number of hydrogen-bond donors (Lipinski definition) is 1. The van der Waals surface area contributed by atoms with Crippen molar-refractivity contribution in [2.45, 2.75) is 19.8 Å². The maximum absolute atomic E-state index is 12.6. The Morgan fingerprint density at radius 3 is 2.00 bits per heavy atom. The lowest BCUT2D eigenvalue weighted by Gasteiger charge is -2.06. The van der Waals surface area contributed by atoms with Crippen LogP contribution in [-0.2, 0) is 4.79 Å². The number of amides is 1. The van der Waals surface area contributed by atoms with Crippen LogP contribution in [0.1, 0.15) is 29.8 Å². The lowest BCUT2D eigenvalue weighted by atomic mass is 10.1. The van der Waals surface area contributed by atoms with Gasteiger partial charge in [-0.25, -0.2) is 0 Å². The van der Waals surface area contributed by atoms with E-state index >= 15 is 0 Å². The van der Waals surface area contributed by atoms with Crippen molar-refractivity contribution in [1.82, 2.24) is 0 Å². The summed E-state index contributed by atoms with van der Waals surface area (Å²) in [5.74, 6) is -5.59. The Bertz CT molecular complexity index is 502. The second-order valence-electron chi connectivity index (χ2n) is 3.82. The molecular formula is C12H12F2N2O2. The Kier molecular flexibility index (Phi) is 3.90. The van der Waals surface area contributed by atoms with E-state index in [0.29, 0.717) is 18.1 Å². The molecule has 1 aromatic rings. The topological polar surface area (TPSA) is 72.5 Å².